The number of nitrogens with one attached hydrogen (secondary N) is 1. The summed E-state index contributed by atoms with van der Waals surface area (Å²) in [6, 6.07) is 4.81. The van der Waals surface area contributed by atoms with E-state index in [1.165, 1.54) is 22.3 Å². The van der Waals surface area contributed by atoms with Crippen molar-refractivity contribution in [1.29, 1.82) is 0 Å². The van der Waals surface area contributed by atoms with E-state index >= 15 is 0 Å². The van der Waals surface area contributed by atoms with Crippen molar-refractivity contribution >= 4 is 23.1 Å². The second-order valence-corrected chi connectivity index (χ2v) is 7.14. The lowest BCUT2D eigenvalue weighted by Crippen LogP contribution is -2.39. The highest BCUT2D eigenvalue weighted by molar-refractivity contribution is 7.13. The predicted molar refractivity (Wildman–Crippen MR) is 99.6 cm³/mol. The van der Waals surface area contributed by atoms with Crippen LogP contribution in [0.25, 0.3) is 10.6 Å². The van der Waals surface area contributed by atoms with Gasteiger partial charge in [0.05, 0.1) is 11.4 Å². The van der Waals surface area contributed by atoms with Crippen LogP contribution in [-0.2, 0) is 6.42 Å². The maximum Gasteiger partial charge on any atom is 0.411 e. The van der Waals surface area contributed by atoms with Crippen LogP contribution in [0, 0.1) is 5.92 Å². The highest BCUT2D eigenvalue weighted by Gasteiger charge is 2.25. The van der Waals surface area contributed by atoms with Crippen LogP contribution in [-0.4, -0.2) is 40.9 Å². The third-order valence-corrected chi connectivity index (χ3v) is 5.47. The van der Waals surface area contributed by atoms with Crippen molar-refractivity contribution in [3.05, 3.63) is 29.3 Å². The molecule has 1 aliphatic heterocycles. The summed E-state index contributed by atoms with van der Waals surface area (Å²) in [5.74, 6) is 0.445. The molecule has 1 aromatic heterocycles. The van der Waals surface area contributed by atoms with Gasteiger partial charge in [-0.3, -0.25) is 4.90 Å². The molecular weight excluding hydrogens is 338 g/mol. The van der Waals surface area contributed by atoms with Crippen molar-refractivity contribution in [2.24, 2.45) is 5.92 Å². The average Bonchev–Trinajstić information content (AvgIpc) is 3.10. The highest BCUT2D eigenvalue weighted by Crippen LogP contribution is 2.36. The van der Waals surface area contributed by atoms with E-state index in [2.05, 4.69) is 10.3 Å². The largest absolute Gasteiger partial charge is 0.508 e. The van der Waals surface area contributed by atoms with E-state index < -0.39 is 6.09 Å². The Morgan fingerprint density at radius 1 is 1.40 bits per heavy atom. The number of piperidine rings is 1. The van der Waals surface area contributed by atoms with Gasteiger partial charge >= 0.3 is 6.09 Å². The van der Waals surface area contributed by atoms with Gasteiger partial charge < -0.3 is 15.5 Å². The number of rotatable bonds is 5. The van der Waals surface area contributed by atoms with Crippen LogP contribution in [0.15, 0.2) is 23.6 Å². The Kier molecular flexibility index (Phi) is 5.55. The Morgan fingerprint density at radius 3 is 2.80 bits per heavy atom. The lowest BCUT2D eigenvalue weighted by atomic mass is 9.97. The lowest BCUT2D eigenvalue weighted by Gasteiger charge is -2.29. The van der Waals surface area contributed by atoms with E-state index in [0.29, 0.717) is 23.7 Å². The number of carboxylic acid groups (broad SMARTS) is 1. The smallest absolute Gasteiger partial charge is 0.411 e. The zero-order valence-corrected chi connectivity index (χ0v) is 15.1. The van der Waals surface area contributed by atoms with Gasteiger partial charge in [0.1, 0.15) is 10.8 Å². The molecule has 0 spiro atoms. The van der Waals surface area contributed by atoms with Crippen molar-refractivity contribution in [3.8, 4) is 16.3 Å². The maximum atomic E-state index is 11.9. The zero-order valence-electron chi connectivity index (χ0n) is 14.2. The normalized spacial score (nSPS) is 15.2. The number of aromatic hydroxyl groups is 1. The van der Waals surface area contributed by atoms with Gasteiger partial charge in [0.2, 0.25) is 0 Å². The first-order chi connectivity index (χ1) is 12.1. The van der Waals surface area contributed by atoms with Gasteiger partial charge in [-0.15, -0.1) is 11.3 Å². The summed E-state index contributed by atoms with van der Waals surface area (Å²) in [6.07, 6.45) is 1.78. The molecule has 0 aliphatic carbocycles. The van der Waals surface area contributed by atoms with Crippen LogP contribution in [0.3, 0.4) is 0 Å². The van der Waals surface area contributed by atoms with Gasteiger partial charge in [0.15, 0.2) is 0 Å². The van der Waals surface area contributed by atoms with E-state index in [9.17, 15) is 15.0 Å². The number of nitrogens with zero attached hydrogens (tertiary/aromatic N) is 2. The van der Waals surface area contributed by atoms with Crippen LogP contribution >= 0.6 is 11.3 Å². The van der Waals surface area contributed by atoms with Crippen LogP contribution in [0.1, 0.15) is 25.5 Å². The van der Waals surface area contributed by atoms with Gasteiger partial charge in [-0.25, -0.2) is 9.78 Å². The van der Waals surface area contributed by atoms with Gasteiger partial charge in [-0.2, -0.15) is 0 Å². The van der Waals surface area contributed by atoms with E-state index in [1.54, 1.807) is 12.1 Å². The lowest BCUT2D eigenvalue weighted by molar-refractivity contribution is 0.199. The molecule has 1 saturated heterocycles. The highest BCUT2D eigenvalue weighted by atomic mass is 32.1. The van der Waals surface area contributed by atoms with Crippen LogP contribution in [0.4, 0.5) is 10.5 Å². The van der Waals surface area contributed by atoms with Gasteiger partial charge in [-0.05, 0) is 56.5 Å². The molecular formula is C18H23N3O3S. The molecule has 1 aromatic carbocycles. The monoisotopic (exact) mass is 361 g/mol. The standard InChI is InChI=1S/C18H23N3O3S/c1-2-13-11-25-17(20-13)15-9-14(22)3-4-16(15)21(18(23)24)10-12-5-7-19-8-6-12/h3-4,9,11-12,19,22H,2,5-8,10H2,1H3,(H,23,24). The first kappa shape index (κ1) is 17.7. The molecule has 3 N–H and O–H groups in total. The molecule has 0 unspecified atom stereocenters. The van der Waals surface area contributed by atoms with Crippen molar-refractivity contribution < 1.29 is 15.0 Å². The van der Waals surface area contributed by atoms with Crippen LogP contribution < -0.4 is 10.2 Å². The fourth-order valence-corrected chi connectivity index (χ4v) is 4.05. The van der Waals surface area contributed by atoms with Crippen molar-refractivity contribution in [2.45, 2.75) is 26.2 Å². The van der Waals surface area contributed by atoms with E-state index in [0.717, 1.165) is 43.1 Å². The van der Waals surface area contributed by atoms with Crippen LogP contribution in [0.5, 0.6) is 5.75 Å². The van der Waals surface area contributed by atoms with Gasteiger partial charge in [-0.1, -0.05) is 6.92 Å². The molecule has 134 valence electrons. The summed E-state index contributed by atoms with van der Waals surface area (Å²) in [5.41, 5.74) is 2.22. The first-order valence-corrected chi connectivity index (χ1v) is 9.45. The first-order valence-electron chi connectivity index (χ1n) is 8.57. The second-order valence-electron chi connectivity index (χ2n) is 6.29. The minimum atomic E-state index is -0.974. The Balaban J connectivity index is 1.96. The summed E-state index contributed by atoms with van der Waals surface area (Å²) >= 11 is 1.47. The number of hydrogen-bond acceptors (Lipinski definition) is 5. The molecule has 1 aliphatic rings. The molecule has 2 heterocycles. The molecule has 2 aromatic rings. The number of aryl methyl sites for hydroxylation is 1. The summed E-state index contributed by atoms with van der Waals surface area (Å²) in [6.45, 7) is 4.34. The average molecular weight is 361 g/mol. The molecule has 6 nitrogen and oxygen atoms in total. The molecule has 0 atom stereocenters. The van der Waals surface area contributed by atoms with E-state index in [1.807, 2.05) is 12.3 Å². The second kappa shape index (κ2) is 7.84. The number of amides is 1. The molecule has 0 bridgehead atoms. The zero-order chi connectivity index (χ0) is 17.8. The quantitative estimate of drug-likeness (QED) is 0.758. The number of phenolic OH excluding ortho intramolecular Hbond substituents is 1. The van der Waals surface area contributed by atoms with Crippen molar-refractivity contribution in [3.63, 3.8) is 0 Å². The van der Waals surface area contributed by atoms with E-state index in [4.69, 9.17) is 0 Å². The van der Waals surface area contributed by atoms with Crippen molar-refractivity contribution in [2.75, 3.05) is 24.5 Å². The number of benzene rings is 1. The SMILES string of the molecule is CCc1csc(-c2cc(O)ccc2N(CC2CCNCC2)C(=O)O)n1. The number of anilines is 1. The molecule has 25 heavy (non-hydrogen) atoms. The summed E-state index contributed by atoms with van der Waals surface area (Å²) < 4.78 is 0. The molecule has 7 heteroatoms. The Hall–Kier alpha value is -2.12. The Labute approximate surface area is 151 Å². The third-order valence-electron chi connectivity index (χ3n) is 4.55. The molecule has 0 radical (unpaired) electrons. The fraction of sp³-hybridized carbons (Fsp3) is 0.444. The molecule has 3 rings (SSSR count). The topological polar surface area (TPSA) is 85.7 Å². The number of thiazole rings is 1. The summed E-state index contributed by atoms with van der Waals surface area (Å²) in [4.78, 5) is 17.9. The van der Waals surface area contributed by atoms with Crippen molar-refractivity contribution in [1.82, 2.24) is 10.3 Å². The minimum Gasteiger partial charge on any atom is -0.508 e. The fourth-order valence-electron chi connectivity index (χ4n) is 3.13. The molecule has 0 saturated carbocycles. The predicted octanol–water partition coefficient (Wildman–Crippen LogP) is 3.56. The molecule has 1 amide bonds. The maximum absolute atomic E-state index is 11.9. The number of carbonyl (C=O) groups is 1. The van der Waals surface area contributed by atoms with Gasteiger partial charge in [0.25, 0.3) is 0 Å². The Morgan fingerprint density at radius 2 is 2.16 bits per heavy atom. The number of hydrogen-bond donors (Lipinski definition) is 3. The van der Waals surface area contributed by atoms with Gasteiger partial charge in [0, 0.05) is 17.5 Å². The van der Waals surface area contributed by atoms with E-state index in [-0.39, 0.29) is 5.75 Å². The number of aromatic nitrogens is 1. The Bertz CT molecular complexity index is 741. The third kappa shape index (κ3) is 4.11. The summed E-state index contributed by atoms with van der Waals surface area (Å²) in [7, 11) is 0. The minimum absolute atomic E-state index is 0.110. The van der Waals surface area contributed by atoms with Crippen LogP contribution in [0.2, 0.25) is 0 Å². The summed E-state index contributed by atoms with van der Waals surface area (Å²) in [5, 5.41) is 25.7. The molecule has 1 fully saturated rings. The number of phenols is 1.